The number of nitrogens with zero attached hydrogens (tertiary/aromatic N) is 2. The van der Waals surface area contributed by atoms with Crippen LogP contribution in [-0.4, -0.2) is 31.1 Å². The van der Waals surface area contributed by atoms with Crippen molar-refractivity contribution in [2.45, 2.75) is 6.42 Å². The van der Waals surface area contributed by atoms with Gasteiger partial charge in [0.25, 0.3) is 0 Å². The molecule has 0 radical (unpaired) electrons. The Hall–Kier alpha value is -1.17. The summed E-state index contributed by atoms with van der Waals surface area (Å²) in [7, 11) is 1.57. The summed E-state index contributed by atoms with van der Waals surface area (Å²) in [5, 5.41) is 2.24. The molecule has 0 fully saturated rings. The van der Waals surface area contributed by atoms with Crippen LogP contribution in [0.25, 0.3) is 0 Å². The van der Waals surface area contributed by atoms with E-state index in [0.29, 0.717) is 19.5 Å². The van der Waals surface area contributed by atoms with Gasteiger partial charge in [0.05, 0.1) is 5.29 Å². The number of urea groups is 1. The second-order valence-corrected chi connectivity index (χ2v) is 2.07. The molecule has 6 heteroatoms. The van der Waals surface area contributed by atoms with E-state index in [1.165, 1.54) is 4.90 Å². The number of hydrogen-bond acceptors (Lipinski definition) is 4. The molecule has 0 aliphatic rings. The first-order chi connectivity index (χ1) is 5.22. The second kappa shape index (κ2) is 5.60. The van der Waals surface area contributed by atoms with Crippen molar-refractivity contribution in [2.75, 3.05) is 20.1 Å². The Morgan fingerprint density at radius 2 is 2.36 bits per heavy atom. The van der Waals surface area contributed by atoms with E-state index < -0.39 is 6.03 Å². The molecule has 0 aliphatic heterocycles. The van der Waals surface area contributed by atoms with Crippen LogP contribution in [0.4, 0.5) is 4.79 Å². The van der Waals surface area contributed by atoms with Crippen molar-refractivity contribution >= 4 is 6.03 Å². The highest BCUT2D eigenvalue weighted by Gasteiger charge is 2.05. The molecule has 0 heterocycles. The first-order valence-electron chi connectivity index (χ1n) is 3.26. The minimum atomic E-state index is -0.506. The smallest absolute Gasteiger partial charge is 0.330 e. The van der Waals surface area contributed by atoms with Crippen LogP contribution in [0, 0.1) is 4.91 Å². The molecule has 0 aromatic heterocycles. The number of carbonyl (C=O) groups excluding carboxylic acids is 1. The lowest BCUT2D eigenvalue weighted by molar-refractivity contribution is 0.209. The van der Waals surface area contributed by atoms with E-state index in [2.05, 4.69) is 5.29 Å². The number of nitroso groups, excluding NO2 is 1. The quantitative estimate of drug-likeness (QED) is 0.435. The van der Waals surface area contributed by atoms with Gasteiger partial charge in [0.1, 0.15) is 0 Å². The molecule has 0 aromatic rings. The van der Waals surface area contributed by atoms with Gasteiger partial charge in [-0.2, -0.15) is 5.43 Å². The Morgan fingerprint density at radius 3 is 2.82 bits per heavy atom. The maximum Gasteiger partial charge on any atom is 0.340 e. The Balaban J connectivity index is 3.54. The van der Waals surface area contributed by atoms with Crippen LogP contribution < -0.4 is 11.2 Å². The lowest BCUT2D eigenvalue weighted by Gasteiger charge is -2.13. The zero-order chi connectivity index (χ0) is 8.69. The van der Waals surface area contributed by atoms with E-state index in [0.717, 1.165) is 0 Å². The number of nitrogens with two attached hydrogens (primary N) is 1. The fourth-order valence-corrected chi connectivity index (χ4v) is 0.554. The molecule has 3 N–H and O–H groups in total. The Kier molecular flexibility index (Phi) is 5.01. The van der Waals surface area contributed by atoms with E-state index in [-0.39, 0.29) is 0 Å². The SMILES string of the molecule is CN(CCCN)C(=O)NN=O. The van der Waals surface area contributed by atoms with Crippen molar-refractivity contribution in [3.05, 3.63) is 4.91 Å². The summed E-state index contributed by atoms with van der Waals surface area (Å²) in [4.78, 5) is 21.6. The maximum absolute atomic E-state index is 10.7. The summed E-state index contributed by atoms with van der Waals surface area (Å²) in [5.41, 5.74) is 6.98. The van der Waals surface area contributed by atoms with Crippen LogP contribution in [0.2, 0.25) is 0 Å². The molecule has 64 valence electrons. The number of rotatable bonds is 4. The molecule has 0 unspecified atom stereocenters. The monoisotopic (exact) mass is 160 g/mol. The number of amides is 2. The van der Waals surface area contributed by atoms with Crippen LogP contribution in [0.5, 0.6) is 0 Å². The minimum Gasteiger partial charge on any atom is -0.330 e. The van der Waals surface area contributed by atoms with Crippen molar-refractivity contribution in [3.8, 4) is 0 Å². The van der Waals surface area contributed by atoms with Gasteiger partial charge in [0.2, 0.25) is 0 Å². The minimum absolute atomic E-state index is 0.506. The highest BCUT2D eigenvalue weighted by molar-refractivity contribution is 5.73. The van der Waals surface area contributed by atoms with Gasteiger partial charge in [-0.3, -0.25) is 0 Å². The molecular formula is C5H12N4O2. The van der Waals surface area contributed by atoms with Crippen molar-refractivity contribution < 1.29 is 4.79 Å². The van der Waals surface area contributed by atoms with Gasteiger partial charge in [0.15, 0.2) is 0 Å². The predicted octanol–water partition coefficient (Wildman–Crippen LogP) is -0.342. The van der Waals surface area contributed by atoms with Gasteiger partial charge in [-0.15, -0.1) is 4.91 Å². The van der Waals surface area contributed by atoms with Gasteiger partial charge in [0, 0.05) is 13.6 Å². The first-order valence-corrected chi connectivity index (χ1v) is 3.26. The summed E-state index contributed by atoms with van der Waals surface area (Å²) in [6.45, 7) is 1.05. The van der Waals surface area contributed by atoms with Crippen LogP contribution >= 0.6 is 0 Å². The number of carbonyl (C=O) groups is 1. The van der Waals surface area contributed by atoms with Gasteiger partial charge in [-0.05, 0) is 13.0 Å². The molecule has 0 spiro atoms. The standard InChI is InChI=1S/C5H12N4O2/c1-9(4-2-3-6)5(10)7-8-11/h2-4,6H2,1H3,(H,7,10,11). The summed E-state index contributed by atoms with van der Waals surface area (Å²) in [6.07, 6.45) is 0.711. The van der Waals surface area contributed by atoms with E-state index >= 15 is 0 Å². The molecule has 0 saturated heterocycles. The zero-order valence-electron chi connectivity index (χ0n) is 6.41. The van der Waals surface area contributed by atoms with Crippen molar-refractivity contribution in [2.24, 2.45) is 11.0 Å². The molecular weight excluding hydrogens is 148 g/mol. The van der Waals surface area contributed by atoms with E-state index in [1.807, 2.05) is 0 Å². The lowest BCUT2D eigenvalue weighted by atomic mass is 10.4. The third-order valence-electron chi connectivity index (χ3n) is 1.19. The van der Waals surface area contributed by atoms with E-state index in [1.54, 1.807) is 12.5 Å². The van der Waals surface area contributed by atoms with Crippen molar-refractivity contribution in [3.63, 3.8) is 0 Å². The maximum atomic E-state index is 10.7. The van der Waals surface area contributed by atoms with Crippen LogP contribution in [0.15, 0.2) is 5.29 Å². The molecule has 0 rings (SSSR count). The Morgan fingerprint density at radius 1 is 1.73 bits per heavy atom. The van der Waals surface area contributed by atoms with Gasteiger partial charge < -0.3 is 10.6 Å². The summed E-state index contributed by atoms with van der Waals surface area (Å²) in [6, 6.07) is -0.506. The fourth-order valence-electron chi connectivity index (χ4n) is 0.554. The molecule has 0 saturated carbocycles. The molecule has 0 bridgehead atoms. The van der Waals surface area contributed by atoms with Gasteiger partial charge >= 0.3 is 6.03 Å². The van der Waals surface area contributed by atoms with E-state index in [9.17, 15) is 9.70 Å². The second-order valence-electron chi connectivity index (χ2n) is 2.07. The topological polar surface area (TPSA) is 87.8 Å². The highest BCUT2D eigenvalue weighted by atomic mass is 16.3. The average molecular weight is 160 g/mol. The lowest BCUT2D eigenvalue weighted by Crippen LogP contribution is -2.35. The van der Waals surface area contributed by atoms with Crippen LogP contribution in [0.1, 0.15) is 6.42 Å². The van der Waals surface area contributed by atoms with Crippen molar-refractivity contribution in [1.29, 1.82) is 0 Å². The first kappa shape index (κ1) is 9.83. The summed E-state index contributed by atoms with van der Waals surface area (Å²) in [5.74, 6) is 0. The van der Waals surface area contributed by atoms with Crippen LogP contribution in [-0.2, 0) is 0 Å². The van der Waals surface area contributed by atoms with Gasteiger partial charge in [-0.25, -0.2) is 4.79 Å². The Labute approximate surface area is 64.7 Å². The van der Waals surface area contributed by atoms with Crippen molar-refractivity contribution in [1.82, 2.24) is 10.3 Å². The molecule has 11 heavy (non-hydrogen) atoms. The molecule has 6 nitrogen and oxygen atoms in total. The summed E-state index contributed by atoms with van der Waals surface area (Å²) < 4.78 is 0. The third kappa shape index (κ3) is 4.26. The Bertz CT molecular complexity index is 138. The fraction of sp³-hybridized carbons (Fsp3) is 0.800. The summed E-state index contributed by atoms with van der Waals surface area (Å²) >= 11 is 0. The van der Waals surface area contributed by atoms with Crippen LogP contribution in [0.3, 0.4) is 0 Å². The predicted molar refractivity (Wildman–Crippen MR) is 40.6 cm³/mol. The highest BCUT2D eigenvalue weighted by Crippen LogP contribution is 1.86. The zero-order valence-corrected chi connectivity index (χ0v) is 6.41. The number of nitrogens with one attached hydrogen (secondary N) is 1. The molecule has 0 aromatic carbocycles. The normalized spacial score (nSPS) is 8.91. The molecule has 2 amide bonds. The number of hydrogen-bond donors (Lipinski definition) is 2. The third-order valence-corrected chi connectivity index (χ3v) is 1.19. The molecule has 0 atom stereocenters. The average Bonchev–Trinajstić information content (AvgIpc) is 2.00. The largest absolute Gasteiger partial charge is 0.340 e. The van der Waals surface area contributed by atoms with Gasteiger partial charge in [-0.1, -0.05) is 0 Å². The van der Waals surface area contributed by atoms with E-state index in [4.69, 9.17) is 5.73 Å². The molecule has 0 aliphatic carbocycles.